The van der Waals surface area contributed by atoms with Gasteiger partial charge in [-0.3, -0.25) is 9.78 Å². The van der Waals surface area contributed by atoms with Crippen LogP contribution in [0, 0.1) is 6.92 Å². The van der Waals surface area contributed by atoms with Crippen LogP contribution < -0.4 is 5.32 Å². The van der Waals surface area contributed by atoms with Gasteiger partial charge in [0.2, 0.25) is 0 Å². The van der Waals surface area contributed by atoms with E-state index in [4.69, 9.17) is 5.11 Å². The Morgan fingerprint density at radius 1 is 1.30 bits per heavy atom. The third-order valence-electron chi connectivity index (χ3n) is 2.95. The van der Waals surface area contributed by atoms with Gasteiger partial charge in [0.15, 0.2) is 0 Å². The first-order valence-electron chi connectivity index (χ1n) is 6.62. The molecule has 0 aliphatic rings. The first-order chi connectivity index (χ1) is 9.69. The van der Waals surface area contributed by atoms with Crippen LogP contribution in [0.25, 0.3) is 0 Å². The number of amides is 1. The molecule has 0 bridgehead atoms. The molecule has 4 nitrogen and oxygen atoms in total. The minimum Gasteiger partial charge on any atom is -0.396 e. The summed E-state index contributed by atoms with van der Waals surface area (Å²) in [5, 5.41) is 11.7. The van der Waals surface area contributed by atoms with Crippen molar-refractivity contribution >= 4 is 11.6 Å². The van der Waals surface area contributed by atoms with E-state index in [-0.39, 0.29) is 12.5 Å². The molecule has 0 saturated heterocycles. The quantitative estimate of drug-likeness (QED) is 0.877. The third-order valence-corrected chi connectivity index (χ3v) is 2.95. The van der Waals surface area contributed by atoms with Gasteiger partial charge in [-0.05, 0) is 49.1 Å². The van der Waals surface area contributed by atoms with Gasteiger partial charge >= 0.3 is 0 Å². The molecule has 2 aromatic rings. The Balaban J connectivity index is 2.07. The molecule has 0 saturated carbocycles. The maximum absolute atomic E-state index is 12.1. The summed E-state index contributed by atoms with van der Waals surface area (Å²) in [4.78, 5) is 16.1. The highest BCUT2D eigenvalue weighted by Gasteiger charge is 2.07. The Kier molecular flexibility index (Phi) is 4.85. The summed E-state index contributed by atoms with van der Waals surface area (Å²) in [5.41, 5.74) is 3.35. The maximum atomic E-state index is 12.1. The number of aromatic nitrogens is 1. The van der Waals surface area contributed by atoms with Crippen molar-refractivity contribution in [2.24, 2.45) is 0 Å². The van der Waals surface area contributed by atoms with Gasteiger partial charge in [-0.1, -0.05) is 12.1 Å². The summed E-state index contributed by atoms with van der Waals surface area (Å²) >= 11 is 0. The molecule has 2 rings (SSSR count). The van der Waals surface area contributed by atoms with Crippen molar-refractivity contribution in [2.45, 2.75) is 19.8 Å². The van der Waals surface area contributed by atoms with Crippen molar-refractivity contribution < 1.29 is 9.90 Å². The van der Waals surface area contributed by atoms with Crippen LogP contribution in [0.4, 0.5) is 5.69 Å². The largest absolute Gasteiger partial charge is 0.396 e. The first kappa shape index (κ1) is 14.2. The van der Waals surface area contributed by atoms with E-state index in [1.54, 1.807) is 18.5 Å². The van der Waals surface area contributed by atoms with Gasteiger partial charge in [0, 0.05) is 24.7 Å². The zero-order valence-electron chi connectivity index (χ0n) is 11.5. The predicted molar refractivity (Wildman–Crippen MR) is 78.8 cm³/mol. The number of aliphatic hydroxyl groups excluding tert-OH is 1. The lowest BCUT2D eigenvalue weighted by Crippen LogP contribution is -2.12. The van der Waals surface area contributed by atoms with Gasteiger partial charge in [-0.15, -0.1) is 0 Å². The molecule has 0 radical (unpaired) electrons. The molecule has 1 aromatic carbocycles. The van der Waals surface area contributed by atoms with E-state index < -0.39 is 0 Å². The molecule has 1 heterocycles. The Morgan fingerprint density at radius 2 is 2.15 bits per heavy atom. The molecule has 4 heteroatoms. The molecule has 20 heavy (non-hydrogen) atoms. The summed E-state index contributed by atoms with van der Waals surface area (Å²) in [6.45, 7) is 2.07. The Hall–Kier alpha value is -2.20. The average Bonchev–Trinajstić information content (AvgIpc) is 2.45. The highest BCUT2D eigenvalue weighted by atomic mass is 16.2. The topological polar surface area (TPSA) is 62.2 Å². The fourth-order valence-corrected chi connectivity index (χ4v) is 1.97. The Bertz CT molecular complexity index is 597. The maximum Gasteiger partial charge on any atom is 0.257 e. The molecule has 0 aliphatic heterocycles. The van der Waals surface area contributed by atoms with Crippen molar-refractivity contribution in [2.75, 3.05) is 11.9 Å². The number of benzene rings is 1. The van der Waals surface area contributed by atoms with Crippen molar-refractivity contribution in [1.29, 1.82) is 0 Å². The highest BCUT2D eigenvalue weighted by molar-refractivity contribution is 6.04. The second-order valence-corrected chi connectivity index (χ2v) is 4.73. The molecule has 1 aromatic heterocycles. The van der Waals surface area contributed by atoms with E-state index in [2.05, 4.69) is 10.3 Å². The number of carbonyl (C=O) groups excluding carboxylic acids is 1. The lowest BCUT2D eigenvalue weighted by Gasteiger charge is -2.07. The van der Waals surface area contributed by atoms with Crippen LogP contribution in [0.2, 0.25) is 0 Å². The molecule has 0 aliphatic carbocycles. The van der Waals surface area contributed by atoms with E-state index in [1.165, 1.54) is 0 Å². The Labute approximate surface area is 118 Å². The zero-order chi connectivity index (χ0) is 14.4. The van der Waals surface area contributed by atoms with Gasteiger partial charge in [0.1, 0.15) is 0 Å². The predicted octanol–water partition coefficient (Wildman–Crippen LogP) is 2.57. The van der Waals surface area contributed by atoms with Crippen molar-refractivity contribution in [3.63, 3.8) is 0 Å². The fraction of sp³-hybridized carbons (Fsp3) is 0.250. The van der Waals surface area contributed by atoms with Crippen LogP contribution in [0.1, 0.15) is 27.9 Å². The number of nitrogens with zero attached hydrogens (tertiary/aromatic N) is 1. The molecule has 104 valence electrons. The zero-order valence-corrected chi connectivity index (χ0v) is 11.5. The number of carbonyl (C=O) groups is 1. The standard InChI is InChI=1S/C16H18N2O2/c1-12-8-14(11-17-10-12)16(20)18-15-6-2-4-13(9-15)5-3-7-19/h2,4,6,8-11,19H,3,5,7H2,1H3,(H,18,20). The van der Waals surface area contributed by atoms with E-state index in [1.807, 2.05) is 31.2 Å². The van der Waals surface area contributed by atoms with Crippen molar-refractivity contribution in [1.82, 2.24) is 4.98 Å². The molecule has 2 N–H and O–H groups in total. The minimum atomic E-state index is -0.166. The van der Waals surface area contributed by atoms with Crippen molar-refractivity contribution in [3.8, 4) is 0 Å². The van der Waals surface area contributed by atoms with Gasteiger partial charge in [0.05, 0.1) is 5.56 Å². The number of hydrogen-bond acceptors (Lipinski definition) is 3. The molecule has 0 fully saturated rings. The van der Waals surface area contributed by atoms with Gasteiger partial charge < -0.3 is 10.4 Å². The van der Waals surface area contributed by atoms with Crippen molar-refractivity contribution in [3.05, 3.63) is 59.4 Å². The van der Waals surface area contributed by atoms with E-state index in [0.717, 1.165) is 29.7 Å². The number of nitrogens with one attached hydrogen (secondary N) is 1. The fourth-order valence-electron chi connectivity index (χ4n) is 1.97. The van der Waals surface area contributed by atoms with Gasteiger partial charge in [-0.2, -0.15) is 0 Å². The van der Waals surface area contributed by atoms with Crippen LogP contribution in [-0.4, -0.2) is 22.6 Å². The normalized spacial score (nSPS) is 10.3. The van der Waals surface area contributed by atoms with Crippen LogP contribution in [-0.2, 0) is 6.42 Å². The second-order valence-electron chi connectivity index (χ2n) is 4.73. The molecule has 1 amide bonds. The molecule has 0 unspecified atom stereocenters. The SMILES string of the molecule is Cc1cncc(C(=O)Nc2cccc(CCCO)c2)c1. The molecular weight excluding hydrogens is 252 g/mol. The third kappa shape index (κ3) is 3.90. The molecular formula is C16H18N2O2. The summed E-state index contributed by atoms with van der Waals surface area (Å²) in [7, 11) is 0. The van der Waals surface area contributed by atoms with Crippen LogP contribution in [0.15, 0.2) is 42.7 Å². The van der Waals surface area contributed by atoms with Crippen LogP contribution >= 0.6 is 0 Å². The number of anilines is 1. The first-order valence-corrected chi connectivity index (χ1v) is 6.62. The number of aryl methyl sites for hydroxylation is 2. The van der Waals surface area contributed by atoms with Crippen LogP contribution in [0.3, 0.4) is 0 Å². The minimum absolute atomic E-state index is 0.166. The number of hydrogen-bond donors (Lipinski definition) is 2. The summed E-state index contributed by atoms with van der Waals surface area (Å²) in [6, 6.07) is 9.47. The number of pyridine rings is 1. The average molecular weight is 270 g/mol. The number of aliphatic hydroxyl groups is 1. The Morgan fingerprint density at radius 3 is 2.90 bits per heavy atom. The monoisotopic (exact) mass is 270 g/mol. The van der Waals surface area contributed by atoms with Gasteiger partial charge in [0.25, 0.3) is 5.91 Å². The van der Waals surface area contributed by atoms with Gasteiger partial charge in [-0.25, -0.2) is 0 Å². The smallest absolute Gasteiger partial charge is 0.257 e. The van der Waals surface area contributed by atoms with E-state index >= 15 is 0 Å². The summed E-state index contributed by atoms with van der Waals surface area (Å²) in [5.74, 6) is -0.166. The highest BCUT2D eigenvalue weighted by Crippen LogP contribution is 2.13. The lowest BCUT2D eigenvalue weighted by atomic mass is 10.1. The summed E-state index contributed by atoms with van der Waals surface area (Å²) in [6.07, 6.45) is 4.79. The summed E-state index contributed by atoms with van der Waals surface area (Å²) < 4.78 is 0. The molecule has 0 atom stereocenters. The lowest BCUT2D eigenvalue weighted by molar-refractivity contribution is 0.102. The van der Waals surface area contributed by atoms with E-state index in [0.29, 0.717) is 5.56 Å². The number of rotatable bonds is 5. The van der Waals surface area contributed by atoms with Crippen LogP contribution in [0.5, 0.6) is 0 Å². The van der Waals surface area contributed by atoms with E-state index in [9.17, 15) is 4.79 Å². The molecule has 0 spiro atoms. The second kappa shape index (κ2) is 6.82.